The van der Waals surface area contributed by atoms with Gasteiger partial charge >= 0.3 is 11.9 Å². The number of nitrogens with zero attached hydrogens (tertiary/aromatic N) is 2. The van der Waals surface area contributed by atoms with Crippen LogP contribution in [0.25, 0.3) is 0 Å². The average Bonchev–Trinajstić information content (AvgIpc) is 2.45. The third-order valence-corrected chi connectivity index (χ3v) is 3.68. The van der Waals surface area contributed by atoms with Crippen LogP contribution in [-0.4, -0.2) is 40.4 Å². The van der Waals surface area contributed by atoms with Gasteiger partial charge in [0.1, 0.15) is 16.6 Å². The molecule has 21 heavy (non-hydrogen) atoms. The minimum absolute atomic E-state index is 0.0321. The van der Waals surface area contributed by atoms with Crippen LogP contribution in [0.3, 0.4) is 0 Å². The molecule has 0 amide bonds. The molecule has 8 heteroatoms. The molecule has 0 saturated heterocycles. The van der Waals surface area contributed by atoms with Crippen LogP contribution >= 0.6 is 11.8 Å². The van der Waals surface area contributed by atoms with Gasteiger partial charge in [-0.3, -0.25) is 4.79 Å². The van der Waals surface area contributed by atoms with Gasteiger partial charge in [0.2, 0.25) is 0 Å². The van der Waals surface area contributed by atoms with Crippen LogP contribution in [0.15, 0.2) is 11.4 Å². The van der Waals surface area contributed by atoms with Crippen molar-refractivity contribution in [3.05, 3.63) is 11.8 Å². The van der Waals surface area contributed by atoms with E-state index in [1.807, 2.05) is 6.92 Å². The highest BCUT2D eigenvalue weighted by atomic mass is 32.2. The molecule has 1 aromatic heterocycles. The minimum atomic E-state index is -0.566. The van der Waals surface area contributed by atoms with Crippen molar-refractivity contribution in [1.82, 2.24) is 9.97 Å². The van der Waals surface area contributed by atoms with Gasteiger partial charge in [-0.15, -0.1) is 0 Å². The van der Waals surface area contributed by atoms with E-state index in [-0.39, 0.29) is 24.0 Å². The molecule has 1 atom stereocenters. The summed E-state index contributed by atoms with van der Waals surface area (Å²) in [6.07, 6.45) is 1.88. The summed E-state index contributed by atoms with van der Waals surface area (Å²) < 4.78 is 9.81. The van der Waals surface area contributed by atoms with E-state index in [2.05, 4.69) is 9.97 Å². The van der Waals surface area contributed by atoms with E-state index in [0.29, 0.717) is 18.2 Å². The summed E-state index contributed by atoms with van der Waals surface area (Å²) in [4.78, 5) is 31.4. The Labute approximate surface area is 127 Å². The third kappa shape index (κ3) is 4.89. The van der Waals surface area contributed by atoms with Gasteiger partial charge in [0.25, 0.3) is 0 Å². The fraction of sp³-hybridized carbons (Fsp3) is 0.538. The van der Waals surface area contributed by atoms with Crippen LogP contribution in [0.4, 0.5) is 5.82 Å². The number of carbonyl (C=O) groups is 2. The zero-order valence-electron chi connectivity index (χ0n) is 12.3. The molecule has 0 aliphatic carbocycles. The molecule has 1 heterocycles. The molecule has 116 valence electrons. The Hall–Kier alpha value is -1.83. The molecule has 0 fully saturated rings. The fourth-order valence-corrected chi connectivity index (χ4v) is 2.31. The van der Waals surface area contributed by atoms with E-state index in [1.165, 1.54) is 6.20 Å². The first kappa shape index (κ1) is 17.2. The van der Waals surface area contributed by atoms with Crippen molar-refractivity contribution >= 4 is 29.5 Å². The quantitative estimate of drug-likeness (QED) is 0.460. The highest BCUT2D eigenvalue weighted by molar-refractivity contribution is 8.00. The van der Waals surface area contributed by atoms with Crippen LogP contribution in [0.2, 0.25) is 0 Å². The van der Waals surface area contributed by atoms with Gasteiger partial charge in [0.05, 0.1) is 13.2 Å². The standard InChI is InChI=1S/C13H19N3O4S/c1-4-9(12(18)20-6-3)21-13-15-7-8(10(14)16-13)11(17)19-5-2/h7,9H,4-6H2,1-3H3,(H2,14,15,16)/t9-/m0/s1. The van der Waals surface area contributed by atoms with Crippen molar-refractivity contribution in [3.8, 4) is 0 Å². The van der Waals surface area contributed by atoms with Crippen molar-refractivity contribution in [2.75, 3.05) is 18.9 Å². The number of hydrogen-bond acceptors (Lipinski definition) is 8. The zero-order valence-corrected chi connectivity index (χ0v) is 13.1. The molecule has 0 spiro atoms. The number of anilines is 1. The first-order chi connectivity index (χ1) is 10.0. The molecule has 7 nitrogen and oxygen atoms in total. The molecule has 1 rings (SSSR count). The van der Waals surface area contributed by atoms with E-state index in [1.54, 1.807) is 13.8 Å². The van der Waals surface area contributed by atoms with Crippen molar-refractivity contribution in [3.63, 3.8) is 0 Å². The highest BCUT2D eigenvalue weighted by Crippen LogP contribution is 2.24. The summed E-state index contributed by atoms with van der Waals surface area (Å²) in [5.74, 6) is -0.852. The molecule has 0 saturated carbocycles. The van der Waals surface area contributed by atoms with E-state index < -0.39 is 11.2 Å². The molecule has 0 aliphatic rings. The van der Waals surface area contributed by atoms with Crippen molar-refractivity contribution < 1.29 is 19.1 Å². The van der Waals surface area contributed by atoms with Crippen LogP contribution in [0.5, 0.6) is 0 Å². The molecule has 2 N–H and O–H groups in total. The SMILES string of the molecule is CCOC(=O)c1cnc(S[C@@H](CC)C(=O)OCC)nc1N. The maximum absolute atomic E-state index is 11.7. The normalized spacial score (nSPS) is 11.8. The third-order valence-electron chi connectivity index (χ3n) is 2.46. The monoisotopic (exact) mass is 313 g/mol. The van der Waals surface area contributed by atoms with Crippen molar-refractivity contribution in [2.24, 2.45) is 0 Å². The van der Waals surface area contributed by atoms with Gasteiger partial charge in [-0.25, -0.2) is 14.8 Å². The van der Waals surface area contributed by atoms with Crippen LogP contribution < -0.4 is 5.73 Å². The summed E-state index contributed by atoms with van der Waals surface area (Å²) in [7, 11) is 0. The van der Waals surface area contributed by atoms with Gasteiger partial charge in [0, 0.05) is 6.20 Å². The second kappa shape index (κ2) is 8.46. The maximum Gasteiger partial charge on any atom is 0.343 e. The number of nitrogen functional groups attached to an aromatic ring is 1. The number of carbonyl (C=O) groups excluding carboxylic acids is 2. The summed E-state index contributed by atoms with van der Waals surface area (Å²) in [6, 6.07) is 0. The molecule has 0 aliphatic heterocycles. The van der Waals surface area contributed by atoms with E-state index >= 15 is 0 Å². The molecule has 0 unspecified atom stereocenters. The maximum atomic E-state index is 11.7. The number of esters is 2. The second-order valence-electron chi connectivity index (χ2n) is 3.94. The summed E-state index contributed by atoms with van der Waals surface area (Å²) in [5.41, 5.74) is 5.84. The number of thioether (sulfide) groups is 1. The predicted molar refractivity (Wildman–Crippen MR) is 79.0 cm³/mol. The first-order valence-electron chi connectivity index (χ1n) is 6.66. The zero-order chi connectivity index (χ0) is 15.8. The Kier molecular flexibility index (Phi) is 6.93. The lowest BCUT2D eigenvalue weighted by molar-refractivity contribution is -0.142. The second-order valence-corrected chi connectivity index (χ2v) is 5.11. The Morgan fingerprint density at radius 2 is 1.95 bits per heavy atom. The summed E-state index contributed by atoms with van der Waals surface area (Å²) in [6.45, 7) is 5.88. The average molecular weight is 313 g/mol. The van der Waals surface area contributed by atoms with E-state index in [4.69, 9.17) is 15.2 Å². The van der Waals surface area contributed by atoms with Crippen LogP contribution in [0, 0.1) is 0 Å². The molecule has 1 aromatic rings. The van der Waals surface area contributed by atoms with Crippen molar-refractivity contribution in [2.45, 2.75) is 37.6 Å². The van der Waals surface area contributed by atoms with Crippen LogP contribution in [-0.2, 0) is 14.3 Å². The lowest BCUT2D eigenvalue weighted by atomic mass is 10.3. The van der Waals surface area contributed by atoms with Gasteiger partial charge in [0.15, 0.2) is 5.16 Å². The number of ether oxygens (including phenoxy) is 2. The van der Waals surface area contributed by atoms with Crippen molar-refractivity contribution in [1.29, 1.82) is 0 Å². The van der Waals surface area contributed by atoms with Gasteiger partial charge in [-0.2, -0.15) is 0 Å². The number of nitrogens with two attached hydrogens (primary N) is 1. The Bertz CT molecular complexity index is 510. The Morgan fingerprint density at radius 1 is 1.29 bits per heavy atom. The smallest absolute Gasteiger partial charge is 0.343 e. The van der Waals surface area contributed by atoms with E-state index in [9.17, 15) is 9.59 Å². The summed E-state index contributed by atoms with van der Waals surface area (Å²) in [5, 5.41) is -0.0850. The molecular weight excluding hydrogens is 294 g/mol. The lowest BCUT2D eigenvalue weighted by Crippen LogP contribution is -2.20. The van der Waals surface area contributed by atoms with Gasteiger partial charge < -0.3 is 15.2 Å². The van der Waals surface area contributed by atoms with Gasteiger partial charge in [-0.1, -0.05) is 18.7 Å². The minimum Gasteiger partial charge on any atom is -0.465 e. The highest BCUT2D eigenvalue weighted by Gasteiger charge is 2.22. The topological polar surface area (TPSA) is 104 Å². The molecule has 0 radical (unpaired) electrons. The molecule has 0 bridgehead atoms. The van der Waals surface area contributed by atoms with Crippen LogP contribution in [0.1, 0.15) is 37.6 Å². The first-order valence-corrected chi connectivity index (χ1v) is 7.54. The Morgan fingerprint density at radius 3 is 2.48 bits per heavy atom. The number of rotatable bonds is 7. The molecular formula is C13H19N3O4S. The Balaban J connectivity index is 2.83. The number of aromatic nitrogens is 2. The predicted octanol–water partition coefficient (Wildman–Crippen LogP) is 1.67. The fourth-order valence-electron chi connectivity index (χ4n) is 1.46. The molecule has 0 aromatic carbocycles. The number of hydrogen-bond donors (Lipinski definition) is 1. The summed E-state index contributed by atoms with van der Waals surface area (Å²) >= 11 is 1.16. The largest absolute Gasteiger partial charge is 0.465 e. The lowest BCUT2D eigenvalue weighted by Gasteiger charge is -2.12. The van der Waals surface area contributed by atoms with Gasteiger partial charge in [-0.05, 0) is 20.3 Å². The van der Waals surface area contributed by atoms with E-state index in [0.717, 1.165) is 11.8 Å².